The second-order valence-electron chi connectivity index (χ2n) is 6.87. The van der Waals surface area contributed by atoms with Crippen LogP contribution in [0.2, 0.25) is 0 Å². The molecule has 5 nitrogen and oxygen atoms in total. The minimum atomic E-state index is -0.371. The summed E-state index contributed by atoms with van der Waals surface area (Å²) in [6, 6.07) is 22.6. The summed E-state index contributed by atoms with van der Waals surface area (Å²) in [6.45, 7) is 4.46. The Bertz CT molecular complexity index is 983. The highest BCUT2D eigenvalue weighted by atomic mass is 16.5. The third-order valence-corrected chi connectivity index (χ3v) is 4.50. The van der Waals surface area contributed by atoms with E-state index >= 15 is 0 Å². The Morgan fingerprint density at radius 2 is 1.38 bits per heavy atom. The summed E-state index contributed by atoms with van der Waals surface area (Å²) in [4.78, 5) is 24.2. The molecular weight excluding hydrogens is 364 g/mol. The van der Waals surface area contributed by atoms with Crippen LogP contribution in [0.15, 0.2) is 72.8 Å². The molecule has 0 aromatic heterocycles. The maximum absolute atomic E-state index is 12.1. The molecule has 0 heterocycles. The van der Waals surface area contributed by atoms with E-state index in [1.165, 1.54) is 0 Å². The zero-order valence-electron chi connectivity index (χ0n) is 16.6. The number of anilines is 2. The van der Waals surface area contributed by atoms with Gasteiger partial charge in [-0.1, -0.05) is 36.4 Å². The minimum absolute atomic E-state index is 0.251. The fourth-order valence-corrected chi connectivity index (χ4v) is 2.75. The molecule has 0 spiro atoms. The second kappa shape index (κ2) is 9.55. The summed E-state index contributed by atoms with van der Waals surface area (Å²) >= 11 is 0. The predicted molar refractivity (Wildman–Crippen MR) is 115 cm³/mol. The van der Waals surface area contributed by atoms with Crippen LogP contribution < -0.4 is 15.4 Å². The van der Waals surface area contributed by atoms with Gasteiger partial charge in [0.25, 0.3) is 0 Å². The van der Waals surface area contributed by atoms with Crippen molar-refractivity contribution in [3.05, 3.63) is 89.5 Å². The van der Waals surface area contributed by atoms with Gasteiger partial charge in [0.1, 0.15) is 18.8 Å². The van der Waals surface area contributed by atoms with E-state index < -0.39 is 0 Å². The molecule has 0 unspecified atom stereocenters. The summed E-state index contributed by atoms with van der Waals surface area (Å²) in [7, 11) is 0. The van der Waals surface area contributed by atoms with Gasteiger partial charge in [0.2, 0.25) is 11.8 Å². The summed E-state index contributed by atoms with van der Waals surface area (Å²) in [5.74, 6) is -0.0165. The molecule has 0 bridgehead atoms. The molecule has 2 N–H and O–H groups in total. The van der Waals surface area contributed by atoms with Gasteiger partial charge in [-0.15, -0.1) is 0 Å². The van der Waals surface area contributed by atoms with Crippen molar-refractivity contribution in [2.24, 2.45) is 0 Å². The lowest BCUT2D eigenvalue weighted by Crippen LogP contribution is -2.21. The monoisotopic (exact) mass is 388 g/mol. The van der Waals surface area contributed by atoms with Crippen LogP contribution in [0, 0.1) is 13.8 Å². The van der Waals surface area contributed by atoms with Gasteiger partial charge in [0.05, 0.1) is 0 Å². The maximum Gasteiger partial charge on any atom is 0.233 e. The molecule has 0 aliphatic heterocycles. The number of carbonyl (C=O) groups is 2. The molecule has 0 aliphatic rings. The smallest absolute Gasteiger partial charge is 0.233 e. The average molecular weight is 388 g/mol. The Kier molecular flexibility index (Phi) is 6.63. The van der Waals surface area contributed by atoms with Gasteiger partial charge in [-0.25, -0.2) is 0 Å². The first kappa shape index (κ1) is 20.1. The van der Waals surface area contributed by atoms with Crippen molar-refractivity contribution in [3.8, 4) is 5.75 Å². The summed E-state index contributed by atoms with van der Waals surface area (Å²) < 4.78 is 5.72. The van der Waals surface area contributed by atoms with Crippen LogP contribution in [0.1, 0.15) is 23.1 Å². The van der Waals surface area contributed by atoms with Crippen LogP contribution in [-0.2, 0) is 16.2 Å². The van der Waals surface area contributed by atoms with Crippen LogP contribution in [0.3, 0.4) is 0 Å². The van der Waals surface area contributed by atoms with Crippen molar-refractivity contribution in [2.45, 2.75) is 26.9 Å². The van der Waals surface area contributed by atoms with E-state index in [4.69, 9.17) is 4.74 Å². The van der Waals surface area contributed by atoms with Crippen LogP contribution in [-0.4, -0.2) is 11.8 Å². The van der Waals surface area contributed by atoms with E-state index in [0.717, 1.165) is 16.7 Å². The average Bonchev–Trinajstić information content (AvgIpc) is 2.71. The molecule has 29 heavy (non-hydrogen) atoms. The number of aryl methyl sites for hydroxylation is 2. The van der Waals surface area contributed by atoms with Gasteiger partial charge in [-0.05, 0) is 66.9 Å². The Labute approximate surface area is 170 Å². The molecule has 0 saturated heterocycles. The SMILES string of the molecule is Cc1ccc(NC(=O)CC(=O)Nc2ccc(OCc3ccccc3)cc2)cc1C. The molecule has 3 aromatic rings. The Hall–Kier alpha value is -3.60. The van der Waals surface area contributed by atoms with Gasteiger partial charge in [-0.3, -0.25) is 9.59 Å². The molecule has 0 saturated carbocycles. The van der Waals surface area contributed by atoms with E-state index in [2.05, 4.69) is 10.6 Å². The largest absolute Gasteiger partial charge is 0.489 e. The molecule has 3 aromatic carbocycles. The molecule has 5 heteroatoms. The van der Waals surface area contributed by atoms with Gasteiger partial charge >= 0.3 is 0 Å². The number of hydrogen-bond acceptors (Lipinski definition) is 3. The van der Waals surface area contributed by atoms with Gasteiger partial charge in [-0.2, -0.15) is 0 Å². The van der Waals surface area contributed by atoms with Gasteiger partial charge in [0.15, 0.2) is 0 Å². The fourth-order valence-electron chi connectivity index (χ4n) is 2.75. The van der Waals surface area contributed by atoms with E-state index in [1.54, 1.807) is 24.3 Å². The number of hydrogen-bond donors (Lipinski definition) is 2. The third-order valence-electron chi connectivity index (χ3n) is 4.50. The second-order valence-corrected chi connectivity index (χ2v) is 6.87. The van der Waals surface area contributed by atoms with Crippen molar-refractivity contribution in [2.75, 3.05) is 10.6 Å². The lowest BCUT2D eigenvalue weighted by atomic mass is 10.1. The Balaban J connectivity index is 1.47. The third kappa shape index (κ3) is 6.21. The predicted octanol–water partition coefficient (Wildman–Crippen LogP) is 4.85. The molecular formula is C24H24N2O3. The molecule has 3 rings (SSSR count). The highest BCUT2D eigenvalue weighted by molar-refractivity contribution is 6.08. The minimum Gasteiger partial charge on any atom is -0.489 e. The molecule has 0 fully saturated rings. The summed E-state index contributed by atoms with van der Waals surface area (Å²) in [6.07, 6.45) is -0.251. The van der Waals surface area contributed by atoms with Crippen molar-refractivity contribution in [1.29, 1.82) is 0 Å². The van der Waals surface area contributed by atoms with E-state index in [-0.39, 0.29) is 18.2 Å². The zero-order valence-corrected chi connectivity index (χ0v) is 16.6. The number of nitrogens with one attached hydrogen (secondary N) is 2. The van der Waals surface area contributed by atoms with Gasteiger partial charge < -0.3 is 15.4 Å². The van der Waals surface area contributed by atoms with Crippen molar-refractivity contribution >= 4 is 23.2 Å². The van der Waals surface area contributed by atoms with Crippen LogP contribution >= 0.6 is 0 Å². The standard InChI is InChI=1S/C24H24N2O3/c1-17-8-9-21(14-18(17)2)26-24(28)15-23(27)25-20-10-12-22(13-11-20)29-16-19-6-4-3-5-7-19/h3-14H,15-16H2,1-2H3,(H,25,27)(H,26,28). The van der Waals surface area contributed by atoms with Crippen LogP contribution in [0.5, 0.6) is 5.75 Å². The maximum atomic E-state index is 12.1. The van der Waals surface area contributed by atoms with Crippen molar-refractivity contribution in [1.82, 2.24) is 0 Å². The highest BCUT2D eigenvalue weighted by Gasteiger charge is 2.10. The molecule has 148 valence electrons. The lowest BCUT2D eigenvalue weighted by molar-refractivity contribution is -0.123. The van der Waals surface area contributed by atoms with E-state index in [0.29, 0.717) is 23.7 Å². The first-order valence-corrected chi connectivity index (χ1v) is 9.43. The number of amides is 2. The topological polar surface area (TPSA) is 67.4 Å². The van der Waals surface area contributed by atoms with Gasteiger partial charge in [0, 0.05) is 11.4 Å². The van der Waals surface area contributed by atoms with Crippen molar-refractivity contribution in [3.63, 3.8) is 0 Å². The van der Waals surface area contributed by atoms with E-state index in [1.807, 2.05) is 62.4 Å². The Morgan fingerprint density at radius 3 is 2.03 bits per heavy atom. The first-order valence-electron chi connectivity index (χ1n) is 9.43. The quantitative estimate of drug-likeness (QED) is 0.569. The number of benzene rings is 3. The first-order chi connectivity index (χ1) is 14.0. The van der Waals surface area contributed by atoms with Crippen LogP contribution in [0.4, 0.5) is 11.4 Å². The number of ether oxygens (including phenoxy) is 1. The number of carbonyl (C=O) groups excluding carboxylic acids is 2. The summed E-state index contributed by atoms with van der Waals surface area (Å²) in [5.41, 5.74) is 4.62. The fraction of sp³-hybridized carbons (Fsp3) is 0.167. The lowest BCUT2D eigenvalue weighted by Gasteiger charge is -2.09. The van der Waals surface area contributed by atoms with E-state index in [9.17, 15) is 9.59 Å². The molecule has 0 radical (unpaired) electrons. The molecule has 2 amide bonds. The zero-order chi connectivity index (χ0) is 20.6. The number of rotatable bonds is 7. The molecule has 0 aliphatic carbocycles. The van der Waals surface area contributed by atoms with Crippen LogP contribution in [0.25, 0.3) is 0 Å². The molecule has 0 atom stereocenters. The summed E-state index contributed by atoms with van der Waals surface area (Å²) in [5, 5.41) is 5.47. The Morgan fingerprint density at radius 1 is 0.759 bits per heavy atom. The highest BCUT2D eigenvalue weighted by Crippen LogP contribution is 2.18. The van der Waals surface area contributed by atoms with Crippen molar-refractivity contribution < 1.29 is 14.3 Å². The normalized spacial score (nSPS) is 10.3.